The van der Waals surface area contributed by atoms with E-state index in [1.54, 1.807) is 13.0 Å². The SMILES string of the molecule is Cc1ccc([N+](=O)[O-])c(NCCN(C)C)n1. The van der Waals surface area contributed by atoms with Crippen molar-refractivity contribution in [1.29, 1.82) is 0 Å². The first-order chi connectivity index (χ1) is 7.50. The van der Waals surface area contributed by atoms with Gasteiger partial charge in [-0.2, -0.15) is 0 Å². The van der Waals surface area contributed by atoms with Gasteiger partial charge in [0.25, 0.3) is 0 Å². The number of hydrogen-bond donors (Lipinski definition) is 1. The van der Waals surface area contributed by atoms with Crippen molar-refractivity contribution in [3.05, 3.63) is 27.9 Å². The highest BCUT2D eigenvalue weighted by Gasteiger charge is 2.14. The first kappa shape index (κ1) is 12.4. The van der Waals surface area contributed by atoms with Crippen molar-refractivity contribution in [3.63, 3.8) is 0 Å². The topological polar surface area (TPSA) is 71.3 Å². The molecule has 0 aromatic carbocycles. The van der Waals surface area contributed by atoms with E-state index >= 15 is 0 Å². The van der Waals surface area contributed by atoms with Crippen molar-refractivity contribution in [3.8, 4) is 0 Å². The molecule has 1 rings (SSSR count). The summed E-state index contributed by atoms with van der Waals surface area (Å²) in [5, 5.41) is 13.7. The molecular weight excluding hydrogens is 208 g/mol. The highest BCUT2D eigenvalue weighted by molar-refractivity contribution is 5.55. The fourth-order valence-electron chi connectivity index (χ4n) is 1.22. The summed E-state index contributed by atoms with van der Waals surface area (Å²) in [6, 6.07) is 3.11. The van der Waals surface area contributed by atoms with E-state index in [9.17, 15) is 10.1 Å². The molecule has 0 fully saturated rings. The van der Waals surface area contributed by atoms with Crippen LogP contribution in [-0.4, -0.2) is 42.0 Å². The second kappa shape index (κ2) is 5.41. The van der Waals surface area contributed by atoms with Crippen molar-refractivity contribution in [2.45, 2.75) is 6.92 Å². The van der Waals surface area contributed by atoms with Gasteiger partial charge in [-0.3, -0.25) is 10.1 Å². The number of rotatable bonds is 5. The van der Waals surface area contributed by atoms with Gasteiger partial charge in [-0.15, -0.1) is 0 Å². The molecule has 0 aliphatic heterocycles. The van der Waals surface area contributed by atoms with Gasteiger partial charge in [0, 0.05) is 24.8 Å². The van der Waals surface area contributed by atoms with Crippen LogP contribution in [0.5, 0.6) is 0 Å². The standard InChI is InChI=1S/C10H16N4O2/c1-8-4-5-9(14(15)16)10(12-8)11-6-7-13(2)3/h4-5H,6-7H2,1-3H3,(H,11,12). The molecule has 0 bridgehead atoms. The fraction of sp³-hybridized carbons (Fsp3) is 0.500. The number of hydrogen-bond acceptors (Lipinski definition) is 5. The van der Waals surface area contributed by atoms with Crippen LogP contribution in [0.25, 0.3) is 0 Å². The molecule has 1 N–H and O–H groups in total. The van der Waals surface area contributed by atoms with Gasteiger partial charge < -0.3 is 10.2 Å². The summed E-state index contributed by atoms with van der Waals surface area (Å²) < 4.78 is 0. The third kappa shape index (κ3) is 3.47. The number of nitrogens with one attached hydrogen (secondary N) is 1. The molecule has 0 saturated heterocycles. The van der Waals surface area contributed by atoms with E-state index < -0.39 is 4.92 Å². The van der Waals surface area contributed by atoms with Gasteiger partial charge in [-0.25, -0.2) is 4.98 Å². The summed E-state index contributed by atoms with van der Waals surface area (Å²) in [6.45, 7) is 3.23. The Hall–Kier alpha value is -1.69. The Kier molecular flexibility index (Phi) is 4.19. The smallest absolute Gasteiger partial charge is 0.311 e. The minimum absolute atomic E-state index is 0.0179. The van der Waals surface area contributed by atoms with Crippen LogP contribution in [0.4, 0.5) is 11.5 Å². The maximum absolute atomic E-state index is 10.7. The molecule has 0 amide bonds. The minimum Gasteiger partial charge on any atom is -0.363 e. The van der Waals surface area contributed by atoms with E-state index in [1.807, 2.05) is 19.0 Å². The molecule has 88 valence electrons. The number of aromatic nitrogens is 1. The summed E-state index contributed by atoms with van der Waals surface area (Å²) in [5.74, 6) is 0.340. The van der Waals surface area contributed by atoms with Crippen LogP contribution in [0.15, 0.2) is 12.1 Å². The lowest BCUT2D eigenvalue weighted by atomic mass is 10.3. The first-order valence-electron chi connectivity index (χ1n) is 5.01. The fourth-order valence-corrected chi connectivity index (χ4v) is 1.22. The first-order valence-corrected chi connectivity index (χ1v) is 5.01. The van der Waals surface area contributed by atoms with Crippen LogP contribution in [0, 0.1) is 17.0 Å². The summed E-state index contributed by atoms with van der Waals surface area (Å²) in [5.41, 5.74) is 0.780. The quantitative estimate of drug-likeness (QED) is 0.602. The number of pyridine rings is 1. The molecule has 1 heterocycles. The summed E-state index contributed by atoms with van der Waals surface area (Å²) >= 11 is 0. The lowest BCUT2D eigenvalue weighted by molar-refractivity contribution is -0.384. The molecule has 1 aromatic heterocycles. The third-order valence-electron chi connectivity index (χ3n) is 2.06. The van der Waals surface area contributed by atoms with E-state index in [-0.39, 0.29) is 5.69 Å². The molecular formula is C10H16N4O2. The van der Waals surface area contributed by atoms with Gasteiger partial charge in [0.05, 0.1) is 4.92 Å². The number of nitrogens with zero attached hydrogens (tertiary/aromatic N) is 3. The second-order valence-electron chi connectivity index (χ2n) is 3.81. The highest BCUT2D eigenvalue weighted by Crippen LogP contribution is 2.21. The van der Waals surface area contributed by atoms with Gasteiger partial charge >= 0.3 is 5.69 Å². The van der Waals surface area contributed by atoms with E-state index in [0.717, 1.165) is 12.2 Å². The molecule has 6 nitrogen and oxygen atoms in total. The average Bonchev–Trinajstić information content (AvgIpc) is 2.16. The minimum atomic E-state index is -0.426. The van der Waals surface area contributed by atoms with Crippen molar-refractivity contribution in [1.82, 2.24) is 9.88 Å². The number of likely N-dealkylation sites (N-methyl/N-ethyl adjacent to an activating group) is 1. The Morgan fingerprint density at radius 1 is 1.50 bits per heavy atom. The monoisotopic (exact) mass is 224 g/mol. The maximum atomic E-state index is 10.7. The molecule has 0 saturated carbocycles. The third-order valence-corrected chi connectivity index (χ3v) is 2.06. The van der Waals surface area contributed by atoms with Gasteiger partial charge in [-0.05, 0) is 27.1 Å². The largest absolute Gasteiger partial charge is 0.363 e. The van der Waals surface area contributed by atoms with Crippen LogP contribution in [-0.2, 0) is 0 Å². The summed E-state index contributed by atoms with van der Waals surface area (Å²) in [6.07, 6.45) is 0. The Morgan fingerprint density at radius 3 is 2.75 bits per heavy atom. The van der Waals surface area contributed by atoms with E-state index in [2.05, 4.69) is 10.3 Å². The molecule has 0 radical (unpaired) electrons. The summed E-state index contributed by atoms with van der Waals surface area (Å²) in [7, 11) is 3.89. The highest BCUT2D eigenvalue weighted by atomic mass is 16.6. The Morgan fingerprint density at radius 2 is 2.19 bits per heavy atom. The van der Waals surface area contributed by atoms with Crippen molar-refractivity contribution >= 4 is 11.5 Å². The van der Waals surface area contributed by atoms with E-state index in [0.29, 0.717) is 12.4 Å². The van der Waals surface area contributed by atoms with Gasteiger partial charge in [-0.1, -0.05) is 0 Å². The Labute approximate surface area is 94.4 Å². The van der Waals surface area contributed by atoms with Crippen LogP contribution >= 0.6 is 0 Å². The molecule has 16 heavy (non-hydrogen) atoms. The van der Waals surface area contributed by atoms with Gasteiger partial charge in [0.2, 0.25) is 5.82 Å². The van der Waals surface area contributed by atoms with Crippen molar-refractivity contribution in [2.24, 2.45) is 0 Å². The van der Waals surface area contributed by atoms with E-state index in [4.69, 9.17) is 0 Å². The van der Waals surface area contributed by atoms with Crippen molar-refractivity contribution < 1.29 is 4.92 Å². The normalized spacial score (nSPS) is 10.5. The maximum Gasteiger partial charge on any atom is 0.311 e. The zero-order valence-corrected chi connectivity index (χ0v) is 9.73. The van der Waals surface area contributed by atoms with Crippen LogP contribution in [0.2, 0.25) is 0 Å². The van der Waals surface area contributed by atoms with Crippen molar-refractivity contribution in [2.75, 3.05) is 32.5 Å². The molecule has 0 atom stereocenters. The van der Waals surface area contributed by atoms with Crippen LogP contribution < -0.4 is 5.32 Å². The molecule has 0 aliphatic rings. The Bertz CT molecular complexity index is 379. The Balaban J connectivity index is 2.76. The zero-order valence-electron chi connectivity index (χ0n) is 9.73. The lowest BCUT2D eigenvalue weighted by Crippen LogP contribution is -2.21. The molecule has 0 spiro atoms. The number of nitro groups is 1. The van der Waals surface area contributed by atoms with Crippen LogP contribution in [0.1, 0.15) is 5.69 Å². The predicted octanol–water partition coefficient (Wildman–Crippen LogP) is 1.27. The second-order valence-corrected chi connectivity index (χ2v) is 3.81. The van der Waals surface area contributed by atoms with Crippen LogP contribution in [0.3, 0.4) is 0 Å². The number of aryl methyl sites for hydroxylation is 1. The van der Waals surface area contributed by atoms with Gasteiger partial charge in [0.1, 0.15) is 0 Å². The molecule has 0 aliphatic carbocycles. The zero-order chi connectivity index (χ0) is 12.1. The van der Waals surface area contributed by atoms with E-state index in [1.165, 1.54) is 6.07 Å². The summed E-state index contributed by atoms with van der Waals surface area (Å²) in [4.78, 5) is 16.4. The molecule has 0 unspecified atom stereocenters. The number of anilines is 1. The lowest BCUT2D eigenvalue weighted by Gasteiger charge is -2.11. The average molecular weight is 224 g/mol. The predicted molar refractivity (Wildman–Crippen MR) is 62.7 cm³/mol. The van der Waals surface area contributed by atoms with Gasteiger partial charge in [0.15, 0.2) is 0 Å². The molecule has 1 aromatic rings. The molecule has 6 heteroatoms.